The lowest BCUT2D eigenvalue weighted by atomic mass is 9.95. The molecule has 0 radical (unpaired) electrons. The minimum atomic E-state index is 0.549. The molecule has 3 aromatic heterocycles. The van der Waals surface area contributed by atoms with Gasteiger partial charge in [-0.15, -0.1) is 0 Å². The fourth-order valence-corrected chi connectivity index (χ4v) is 3.44. The van der Waals surface area contributed by atoms with Crippen LogP contribution in [0.15, 0.2) is 24.7 Å². The minimum Gasteiger partial charge on any atom is -0.361 e. The second-order valence-electron chi connectivity index (χ2n) is 6.19. The van der Waals surface area contributed by atoms with Crippen molar-refractivity contribution >= 4 is 16.8 Å². The summed E-state index contributed by atoms with van der Waals surface area (Å²) in [4.78, 5) is 9.16. The summed E-state index contributed by atoms with van der Waals surface area (Å²) in [6.45, 7) is 5.60. The van der Waals surface area contributed by atoms with E-state index in [4.69, 9.17) is 4.74 Å². The molecule has 23 heavy (non-hydrogen) atoms. The average Bonchev–Trinajstić information content (AvgIpc) is 3.19. The zero-order chi connectivity index (χ0) is 15.6. The SMILES string of the molecule is CCCOCn1ccc2c1ncc1ncc(C3CCNCC3)n12. The van der Waals surface area contributed by atoms with Crippen molar-refractivity contribution < 1.29 is 4.74 Å². The van der Waals surface area contributed by atoms with Crippen molar-refractivity contribution in [2.24, 2.45) is 0 Å². The molecule has 1 N–H and O–H groups in total. The first-order chi connectivity index (χ1) is 11.4. The number of rotatable bonds is 5. The van der Waals surface area contributed by atoms with Gasteiger partial charge in [-0.05, 0) is 38.4 Å². The Morgan fingerprint density at radius 2 is 2.13 bits per heavy atom. The highest BCUT2D eigenvalue weighted by molar-refractivity contribution is 5.75. The van der Waals surface area contributed by atoms with Gasteiger partial charge in [-0.3, -0.25) is 4.40 Å². The number of fused-ring (bicyclic) bond motifs is 3. The molecule has 0 saturated carbocycles. The standard InChI is InChI=1S/C17H23N5O/c1-2-9-23-12-21-8-5-14-17(21)20-11-16-19-10-15(22(14)16)13-3-6-18-7-4-13/h5,8,10-11,13,18H,2-4,6-7,9,12H2,1H3. The predicted molar refractivity (Wildman–Crippen MR) is 89.6 cm³/mol. The van der Waals surface area contributed by atoms with E-state index in [-0.39, 0.29) is 0 Å². The Morgan fingerprint density at radius 1 is 1.26 bits per heavy atom. The van der Waals surface area contributed by atoms with Crippen LogP contribution >= 0.6 is 0 Å². The van der Waals surface area contributed by atoms with Crippen LogP contribution in [-0.4, -0.2) is 38.6 Å². The molecule has 6 nitrogen and oxygen atoms in total. The van der Waals surface area contributed by atoms with Crippen molar-refractivity contribution in [3.05, 3.63) is 30.4 Å². The Morgan fingerprint density at radius 3 is 2.96 bits per heavy atom. The summed E-state index contributed by atoms with van der Waals surface area (Å²) < 4.78 is 10.0. The van der Waals surface area contributed by atoms with Crippen molar-refractivity contribution in [1.82, 2.24) is 24.3 Å². The van der Waals surface area contributed by atoms with Gasteiger partial charge in [0.1, 0.15) is 6.73 Å². The minimum absolute atomic E-state index is 0.549. The summed E-state index contributed by atoms with van der Waals surface area (Å²) in [5.74, 6) is 0.566. The molecule has 0 atom stereocenters. The molecule has 0 amide bonds. The van der Waals surface area contributed by atoms with Gasteiger partial charge >= 0.3 is 0 Å². The maximum absolute atomic E-state index is 5.67. The van der Waals surface area contributed by atoms with Crippen LogP contribution in [0.4, 0.5) is 0 Å². The normalized spacial score (nSPS) is 16.6. The van der Waals surface area contributed by atoms with E-state index in [1.54, 1.807) is 0 Å². The Bertz CT molecular complexity index is 800. The molecule has 1 aliphatic heterocycles. The van der Waals surface area contributed by atoms with Crippen LogP contribution < -0.4 is 5.32 Å². The molecule has 1 saturated heterocycles. The summed E-state index contributed by atoms with van der Waals surface area (Å²) in [6.07, 6.45) is 9.30. The van der Waals surface area contributed by atoms with Gasteiger partial charge in [-0.25, -0.2) is 9.97 Å². The largest absolute Gasteiger partial charge is 0.361 e. The second-order valence-corrected chi connectivity index (χ2v) is 6.19. The molecular formula is C17H23N5O. The zero-order valence-electron chi connectivity index (χ0n) is 13.5. The van der Waals surface area contributed by atoms with Crippen LogP contribution in [0.1, 0.15) is 37.8 Å². The molecule has 4 heterocycles. The van der Waals surface area contributed by atoms with Crippen molar-refractivity contribution in [1.29, 1.82) is 0 Å². The number of imidazole rings is 1. The smallest absolute Gasteiger partial charge is 0.159 e. The lowest BCUT2D eigenvalue weighted by Crippen LogP contribution is -2.27. The first-order valence-electron chi connectivity index (χ1n) is 8.48. The van der Waals surface area contributed by atoms with E-state index in [1.165, 1.54) is 5.69 Å². The maximum atomic E-state index is 5.67. The van der Waals surface area contributed by atoms with Gasteiger partial charge in [0, 0.05) is 30.6 Å². The number of aromatic nitrogens is 4. The van der Waals surface area contributed by atoms with Gasteiger partial charge < -0.3 is 14.6 Å². The van der Waals surface area contributed by atoms with E-state index in [1.807, 2.05) is 12.4 Å². The van der Waals surface area contributed by atoms with Crippen molar-refractivity contribution in [3.8, 4) is 0 Å². The van der Waals surface area contributed by atoms with E-state index in [9.17, 15) is 0 Å². The van der Waals surface area contributed by atoms with Crippen molar-refractivity contribution in [2.75, 3.05) is 19.7 Å². The van der Waals surface area contributed by atoms with Crippen LogP contribution in [0, 0.1) is 0 Å². The number of nitrogens with zero attached hydrogens (tertiary/aromatic N) is 4. The summed E-state index contributed by atoms with van der Waals surface area (Å²) >= 11 is 0. The van der Waals surface area contributed by atoms with E-state index in [0.29, 0.717) is 12.6 Å². The lowest BCUT2D eigenvalue weighted by molar-refractivity contribution is 0.0800. The predicted octanol–water partition coefficient (Wildman–Crippen LogP) is 2.54. The fourth-order valence-electron chi connectivity index (χ4n) is 3.44. The molecule has 0 bridgehead atoms. The topological polar surface area (TPSA) is 56.4 Å². The first-order valence-corrected chi connectivity index (χ1v) is 8.48. The Kier molecular flexibility index (Phi) is 4.01. The molecule has 0 aromatic carbocycles. The first kappa shape index (κ1) is 14.7. The molecule has 0 aliphatic carbocycles. The molecule has 6 heteroatoms. The average molecular weight is 313 g/mol. The molecule has 0 spiro atoms. The van der Waals surface area contributed by atoms with Crippen molar-refractivity contribution in [3.63, 3.8) is 0 Å². The third-order valence-electron chi connectivity index (χ3n) is 4.61. The van der Waals surface area contributed by atoms with E-state index >= 15 is 0 Å². The Hall–Kier alpha value is -1.92. The van der Waals surface area contributed by atoms with Gasteiger partial charge in [0.05, 0.1) is 11.7 Å². The van der Waals surface area contributed by atoms with Gasteiger partial charge in [0.2, 0.25) is 0 Å². The number of piperidine rings is 1. The van der Waals surface area contributed by atoms with E-state index < -0.39 is 0 Å². The summed E-state index contributed by atoms with van der Waals surface area (Å²) in [7, 11) is 0. The second kappa shape index (κ2) is 6.29. The van der Waals surface area contributed by atoms with Crippen LogP contribution in [0.25, 0.3) is 16.8 Å². The highest BCUT2D eigenvalue weighted by Gasteiger charge is 2.20. The van der Waals surface area contributed by atoms with Crippen LogP contribution in [0.3, 0.4) is 0 Å². The van der Waals surface area contributed by atoms with Gasteiger partial charge in [0.15, 0.2) is 11.3 Å². The van der Waals surface area contributed by atoms with Crippen LogP contribution in [0.5, 0.6) is 0 Å². The van der Waals surface area contributed by atoms with Gasteiger partial charge in [0.25, 0.3) is 0 Å². The number of hydrogen-bond donors (Lipinski definition) is 1. The molecule has 1 fully saturated rings. The fraction of sp³-hybridized carbons (Fsp3) is 0.529. The third kappa shape index (κ3) is 2.62. The Labute approximate surface area is 135 Å². The maximum Gasteiger partial charge on any atom is 0.159 e. The molecule has 122 valence electrons. The van der Waals surface area contributed by atoms with E-state index in [0.717, 1.165) is 55.8 Å². The third-order valence-corrected chi connectivity index (χ3v) is 4.61. The number of ether oxygens (including phenoxy) is 1. The summed E-state index contributed by atoms with van der Waals surface area (Å²) in [6, 6.07) is 2.12. The van der Waals surface area contributed by atoms with Gasteiger partial charge in [-0.2, -0.15) is 0 Å². The molecule has 4 rings (SSSR count). The van der Waals surface area contributed by atoms with Crippen molar-refractivity contribution in [2.45, 2.75) is 38.8 Å². The monoisotopic (exact) mass is 313 g/mol. The molecule has 0 unspecified atom stereocenters. The quantitative estimate of drug-likeness (QED) is 0.736. The number of hydrogen-bond acceptors (Lipinski definition) is 4. The molecule has 3 aromatic rings. The molecular weight excluding hydrogens is 290 g/mol. The molecule has 1 aliphatic rings. The lowest BCUT2D eigenvalue weighted by Gasteiger charge is -2.22. The van der Waals surface area contributed by atoms with Crippen LogP contribution in [-0.2, 0) is 11.5 Å². The van der Waals surface area contributed by atoms with Gasteiger partial charge in [-0.1, -0.05) is 6.92 Å². The Balaban J connectivity index is 1.76. The number of nitrogens with one attached hydrogen (secondary N) is 1. The zero-order valence-corrected chi connectivity index (χ0v) is 13.5. The van der Waals surface area contributed by atoms with Crippen LogP contribution in [0.2, 0.25) is 0 Å². The highest BCUT2D eigenvalue weighted by atomic mass is 16.5. The highest BCUT2D eigenvalue weighted by Crippen LogP contribution is 2.28. The summed E-state index contributed by atoms with van der Waals surface area (Å²) in [5.41, 5.74) is 4.31. The van der Waals surface area contributed by atoms with E-state index in [2.05, 4.69) is 43.4 Å². The summed E-state index contributed by atoms with van der Waals surface area (Å²) in [5, 5.41) is 3.43.